The van der Waals surface area contributed by atoms with E-state index in [4.69, 9.17) is 23.2 Å². The van der Waals surface area contributed by atoms with Crippen LogP contribution in [0.4, 0.5) is 0 Å². The molecule has 0 aliphatic rings. The number of hydrogen-bond acceptors (Lipinski definition) is 3. The third-order valence-electron chi connectivity index (χ3n) is 2.95. The predicted molar refractivity (Wildman–Crippen MR) is 88.5 cm³/mol. The molecule has 0 aromatic heterocycles. The average molecular weight is 351 g/mol. The molecule has 0 aliphatic heterocycles. The largest absolute Gasteiger partial charge is 0.313 e. The highest BCUT2D eigenvalue weighted by molar-refractivity contribution is 7.89. The minimum atomic E-state index is -3.66. The number of nitrogens with one attached hydrogen (secondary N) is 1. The zero-order valence-corrected chi connectivity index (χ0v) is 14.5. The van der Waals surface area contributed by atoms with Crippen molar-refractivity contribution in [3.05, 3.63) is 40.4 Å². The second-order valence-corrected chi connectivity index (χ2v) is 7.39. The maximum Gasteiger partial charge on any atom is 0.244 e. The molecule has 0 heterocycles. The van der Waals surface area contributed by atoms with Crippen molar-refractivity contribution >= 4 is 33.2 Å². The van der Waals surface area contributed by atoms with E-state index in [1.54, 1.807) is 6.07 Å². The molecule has 0 saturated carbocycles. The van der Waals surface area contributed by atoms with Crippen molar-refractivity contribution in [3.63, 3.8) is 0 Å². The van der Waals surface area contributed by atoms with E-state index in [0.29, 0.717) is 17.1 Å². The van der Waals surface area contributed by atoms with Crippen LogP contribution in [0.5, 0.6) is 0 Å². The quantitative estimate of drug-likeness (QED) is 0.578. The second-order valence-electron chi connectivity index (χ2n) is 4.59. The molecular weight excluding hydrogens is 331 g/mol. The number of benzene rings is 1. The average Bonchev–Trinajstić information content (AvgIpc) is 2.42. The lowest BCUT2D eigenvalue weighted by atomic mass is 10.2. The van der Waals surface area contributed by atoms with Gasteiger partial charge in [0.25, 0.3) is 0 Å². The highest BCUT2D eigenvalue weighted by Gasteiger charge is 2.25. The van der Waals surface area contributed by atoms with Crippen LogP contribution in [-0.2, 0) is 16.6 Å². The van der Waals surface area contributed by atoms with Gasteiger partial charge in [0, 0.05) is 30.7 Å². The first-order valence-corrected chi connectivity index (χ1v) is 8.80. The van der Waals surface area contributed by atoms with Crippen LogP contribution in [0.3, 0.4) is 0 Å². The number of nitrogens with zero attached hydrogens (tertiary/aromatic N) is 1. The lowest BCUT2D eigenvalue weighted by Gasteiger charge is -2.18. The summed E-state index contributed by atoms with van der Waals surface area (Å²) >= 11 is 12.4. The third-order valence-corrected chi connectivity index (χ3v) is 5.72. The van der Waals surface area contributed by atoms with E-state index >= 15 is 0 Å². The summed E-state index contributed by atoms with van der Waals surface area (Å²) in [7, 11) is -2.17. The molecule has 0 bridgehead atoms. The minimum absolute atomic E-state index is 0.0613. The van der Waals surface area contributed by atoms with Crippen LogP contribution in [0.2, 0.25) is 10.0 Å². The van der Waals surface area contributed by atoms with Gasteiger partial charge in [0.05, 0.1) is 5.02 Å². The molecule has 118 valence electrons. The molecule has 0 atom stereocenters. The lowest BCUT2D eigenvalue weighted by Crippen LogP contribution is -2.27. The van der Waals surface area contributed by atoms with Crippen LogP contribution < -0.4 is 5.32 Å². The molecule has 0 amide bonds. The highest BCUT2D eigenvalue weighted by Crippen LogP contribution is 2.32. The zero-order chi connectivity index (χ0) is 16.0. The van der Waals surface area contributed by atoms with Gasteiger partial charge in [-0.05, 0) is 25.1 Å². The SMILES string of the molecule is C=CCN(C)S(=O)(=O)c1ccc(Cl)c(CNCCC)c1Cl. The fourth-order valence-corrected chi connectivity index (χ4v) is 3.80. The standard InChI is InChI=1S/C14H20Cl2N2O2S/c1-4-8-17-10-11-12(15)6-7-13(14(11)16)21(19,20)18(3)9-5-2/h5-7,17H,2,4,8-10H2,1,3H3. The van der Waals surface area contributed by atoms with Crippen LogP contribution in [-0.4, -0.2) is 32.9 Å². The fourth-order valence-electron chi connectivity index (χ4n) is 1.78. The molecule has 0 aliphatic carbocycles. The zero-order valence-electron chi connectivity index (χ0n) is 12.2. The normalized spacial score (nSPS) is 11.9. The predicted octanol–water partition coefficient (Wildman–Crippen LogP) is 3.30. The smallest absolute Gasteiger partial charge is 0.244 e. The molecular formula is C14H20Cl2N2O2S. The number of halogens is 2. The molecule has 21 heavy (non-hydrogen) atoms. The van der Waals surface area contributed by atoms with Crippen molar-refractivity contribution in [2.45, 2.75) is 24.8 Å². The first-order valence-electron chi connectivity index (χ1n) is 6.61. The van der Waals surface area contributed by atoms with Crippen molar-refractivity contribution < 1.29 is 8.42 Å². The van der Waals surface area contributed by atoms with E-state index in [1.165, 1.54) is 23.5 Å². The van der Waals surface area contributed by atoms with E-state index < -0.39 is 10.0 Å². The lowest BCUT2D eigenvalue weighted by molar-refractivity contribution is 0.499. The van der Waals surface area contributed by atoms with Crippen LogP contribution >= 0.6 is 23.2 Å². The van der Waals surface area contributed by atoms with Crippen molar-refractivity contribution in [2.75, 3.05) is 20.1 Å². The number of sulfonamides is 1. The van der Waals surface area contributed by atoms with Gasteiger partial charge in [-0.25, -0.2) is 8.42 Å². The first kappa shape index (κ1) is 18.5. The summed E-state index contributed by atoms with van der Waals surface area (Å²) in [5, 5.41) is 3.79. The van der Waals surface area contributed by atoms with Crippen LogP contribution in [0.1, 0.15) is 18.9 Å². The van der Waals surface area contributed by atoms with Gasteiger partial charge in [-0.1, -0.05) is 36.2 Å². The van der Waals surface area contributed by atoms with E-state index in [0.717, 1.165) is 13.0 Å². The van der Waals surface area contributed by atoms with Gasteiger partial charge in [0.15, 0.2) is 0 Å². The molecule has 7 heteroatoms. The topological polar surface area (TPSA) is 49.4 Å². The van der Waals surface area contributed by atoms with Crippen molar-refractivity contribution in [1.82, 2.24) is 9.62 Å². The molecule has 1 aromatic rings. The molecule has 0 unspecified atom stereocenters. The number of likely N-dealkylation sites (N-methyl/N-ethyl adjacent to an activating group) is 1. The minimum Gasteiger partial charge on any atom is -0.313 e. The van der Waals surface area contributed by atoms with Gasteiger partial charge in [-0.3, -0.25) is 0 Å². The van der Waals surface area contributed by atoms with Crippen LogP contribution in [0.15, 0.2) is 29.7 Å². The van der Waals surface area contributed by atoms with Gasteiger partial charge >= 0.3 is 0 Å². The fraction of sp³-hybridized carbons (Fsp3) is 0.429. The Balaban J connectivity index is 3.20. The Labute approximate surface area is 136 Å². The maximum absolute atomic E-state index is 12.5. The van der Waals surface area contributed by atoms with Crippen molar-refractivity contribution in [2.24, 2.45) is 0 Å². The van der Waals surface area contributed by atoms with Gasteiger partial charge < -0.3 is 5.32 Å². The molecule has 0 radical (unpaired) electrons. The summed E-state index contributed by atoms with van der Waals surface area (Å²) in [6, 6.07) is 2.99. The molecule has 1 N–H and O–H groups in total. The monoisotopic (exact) mass is 350 g/mol. The van der Waals surface area contributed by atoms with Gasteiger partial charge in [0.2, 0.25) is 10.0 Å². The summed E-state index contributed by atoms with van der Waals surface area (Å²) in [5.74, 6) is 0. The molecule has 0 spiro atoms. The maximum atomic E-state index is 12.5. The number of hydrogen-bond donors (Lipinski definition) is 1. The summed E-state index contributed by atoms with van der Waals surface area (Å²) in [6.07, 6.45) is 2.49. The Morgan fingerprint density at radius 1 is 1.38 bits per heavy atom. The molecule has 0 fully saturated rings. The van der Waals surface area contributed by atoms with Gasteiger partial charge in [0.1, 0.15) is 4.90 Å². The second kappa shape index (κ2) is 8.15. The molecule has 1 aromatic carbocycles. The Bertz CT molecular complexity index is 603. The van der Waals surface area contributed by atoms with Crippen LogP contribution in [0.25, 0.3) is 0 Å². The Kier molecular flexibility index (Phi) is 7.16. The summed E-state index contributed by atoms with van der Waals surface area (Å²) in [5.41, 5.74) is 0.597. The highest BCUT2D eigenvalue weighted by atomic mass is 35.5. The Hall–Kier alpha value is -0.590. The van der Waals surface area contributed by atoms with Gasteiger partial charge in [-0.15, -0.1) is 6.58 Å². The molecule has 1 rings (SSSR count). The summed E-state index contributed by atoms with van der Waals surface area (Å²) in [6.45, 7) is 7.03. The molecule has 0 saturated heterocycles. The number of rotatable bonds is 8. The summed E-state index contributed by atoms with van der Waals surface area (Å²) in [4.78, 5) is 0.0613. The van der Waals surface area contributed by atoms with Gasteiger partial charge in [-0.2, -0.15) is 4.31 Å². The third kappa shape index (κ3) is 4.44. The van der Waals surface area contributed by atoms with Crippen molar-refractivity contribution in [1.29, 1.82) is 0 Å². The summed E-state index contributed by atoms with van der Waals surface area (Å²) < 4.78 is 26.1. The van der Waals surface area contributed by atoms with E-state index in [9.17, 15) is 8.42 Å². The van der Waals surface area contributed by atoms with E-state index in [1.807, 2.05) is 6.92 Å². The Morgan fingerprint density at radius 2 is 2.05 bits per heavy atom. The Morgan fingerprint density at radius 3 is 2.62 bits per heavy atom. The van der Waals surface area contributed by atoms with E-state index in [2.05, 4.69) is 11.9 Å². The first-order chi connectivity index (χ1) is 9.86. The van der Waals surface area contributed by atoms with Crippen molar-refractivity contribution in [3.8, 4) is 0 Å². The van der Waals surface area contributed by atoms with E-state index in [-0.39, 0.29) is 16.5 Å². The van der Waals surface area contributed by atoms with Crippen LogP contribution in [0, 0.1) is 0 Å². The molecule has 4 nitrogen and oxygen atoms in total.